The first kappa shape index (κ1) is 15.5. The number of hydrogen-bond acceptors (Lipinski definition) is 3. The number of nitrogens with two attached hydrogens (primary N) is 1. The molecule has 0 aliphatic heterocycles. The van der Waals surface area contributed by atoms with Gasteiger partial charge < -0.3 is 16.3 Å². The van der Waals surface area contributed by atoms with Gasteiger partial charge in [0.2, 0.25) is 0 Å². The topological polar surface area (TPSA) is 87.7 Å². The van der Waals surface area contributed by atoms with Gasteiger partial charge in [0.05, 0.1) is 10.6 Å². The number of rotatable bonds is 3. The molecular weight excluding hydrogens is 304 g/mol. The second-order valence-electron chi connectivity index (χ2n) is 4.89. The fourth-order valence-corrected chi connectivity index (χ4v) is 2.65. The van der Waals surface area contributed by atoms with Crippen molar-refractivity contribution in [3.63, 3.8) is 0 Å². The Hall–Kier alpha value is -1.89. The molecular formula is C13H14ClF2N3O2. The molecule has 0 radical (unpaired) electrons. The molecule has 1 aliphatic rings. The van der Waals surface area contributed by atoms with Crippen molar-refractivity contribution >= 4 is 23.3 Å². The van der Waals surface area contributed by atoms with E-state index in [0.717, 1.165) is 18.6 Å². The van der Waals surface area contributed by atoms with Crippen molar-refractivity contribution < 1.29 is 18.8 Å². The van der Waals surface area contributed by atoms with E-state index >= 15 is 0 Å². The van der Waals surface area contributed by atoms with Crippen LogP contribution in [-0.2, 0) is 0 Å². The molecule has 4 N–H and O–H groups in total. The molecule has 5 nitrogen and oxygen atoms in total. The highest BCUT2D eigenvalue weighted by molar-refractivity contribution is 6.30. The smallest absolute Gasteiger partial charge is 0.254 e. The molecule has 0 bridgehead atoms. The van der Waals surface area contributed by atoms with Gasteiger partial charge in [-0.2, -0.15) is 0 Å². The Bertz CT molecular complexity index is 595. The SMILES string of the molecule is N/C(=N/O)C1CCCC1NC(=O)c1cc(F)c(Cl)cc1F. The Labute approximate surface area is 124 Å². The number of hydrogen-bond donors (Lipinski definition) is 3. The van der Waals surface area contributed by atoms with E-state index < -0.39 is 23.1 Å². The molecule has 1 amide bonds. The Morgan fingerprint density at radius 2 is 2.10 bits per heavy atom. The summed E-state index contributed by atoms with van der Waals surface area (Å²) in [6.07, 6.45) is 2.05. The number of amides is 1. The lowest BCUT2D eigenvalue weighted by molar-refractivity contribution is 0.0928. The second-order valence-corrected chi connectivity index (χ2v) is 5.30. The van der Waals surface area contributed by atoms with E-state index in [1.807, 2.05) is 0 Å². The summed E-state index contributed by atoms with van der Waals surface area (Å²) in [4.78, 5) is 12.0. The molecule has 2 rings (SSSR count). The molecule has 0 spiro atoms. The molecule has 1 aromatic carbocycles. The van der Waals surface area contributed by atoms with E-state index in [-0.39, 0.29) is 22.8 Å². The van der Waals surface area contributed by atoms with Crippen molar-refractivity contribution in [2.45, 2.75) is 25.3 Å². The highest BCUT2D eigenvalue weighted by Crippen LogP contribution is 2.26. The van der Waals surface area contributed by atoms with Crippen molar-refractivity contribution in [2.75, 3.05) is 0 Å². The van der Waals surface area contributed by atoms with E-state index in [1.54, 1.807) is 0 Å². The zero-order valence-corrected chi connectivity index (χ0v) is 11.7. The van der Waals surface area contributed by atoms with Crippen molar-refractivity contribution in [3.05, 3.63) is 34.4 Å². The van der Waals surface area contributed by atoms with Gasteiger partial charge in [-0.3, -0.25) is 4.79 Å². The first-order valence-electron chi connectivity index (χ1n) is 6.37. The van der Waals surface area contributed by atoms with Crippen LogP contribution in [0.25, 0.3) is 0 Å². The van der Waals surface area contributed by atoms with Crippen molar-refractivity contribution in [2.24, 2.45) is 16.8 Å². The Kier molecular flexibility index (Phi) is 4.62. The molecule has 21 heavy (non-hydrogen) atoms. The van der Waals surface area contributed by atoms with E-state index in [1.165, 1.54) is 0 Å². The number of halogens is 3. The summed E-state index contributed by atoms with van der Waals surface area (Å²) in [5.41, 5.74) is 5.13. The first-order valence-corrected chi connectivity index (χ1v) is 6.74. The van der Waals surface area contributed by atoms with Crippen LogP contribution < -0.4 is 11.1 Å². The number of nitrogens with zero attached hydrogens (tertiary/aromatic N) is 1. The molecule has 1 fully saturated rings. The fraction of sp³-hybridized carbons (Fsp3) is 0.385. The Morgan fingerprint density at radius 3 is 2.76 bits per heavy atom. The van der Waals surface area contributed by atoms with Gasteiger partial charge in [-0.25, -0.2) is 8.78 Å². The quantitative estimate of drug-likeness (QED) is 0.263. The number of nitrogens with one attached hydrogen (secondary N) is 1. The van der Waals surface area contributed by atoms with Gasteiger partial charge in [0.15, 0.2) is 0 Å². The van der Waals surface area contributed by atoms with E-state index in [2.05, 4.69) is 10.5 Å². The summed E-state index contributed by atoms with van der Waals surface area (Å²) in [5, 5.41) is 13.8. The molecule has 1 saturated carbocycles. The van der Waals surface area contributed by atoms with Crippen molar-refractivity contribution in [1.82, 2.24) is 5.32 Å². The minimum atomic E-state index is -0.905. The van der Waals surface area contributed by atoms with Crippen LogP contribution in [0.1, 0.15) is 29.6 Å². The maximum Gasteiger partial charge on any atom is 0.254 e. The lowest BCUT2D eigenvalue weighted by Crippen LogP contribution is -2.42. The third-order valence-corrected chi connectivity index (χ3v) is 3.87. The lowest BCUT2D eigenvalue weighted by Gasteiger charge is -2.20. The minimum absolute atomic E-state index is 0.0144. The third kappa shape index (κ3) is 3.24. The van der Waals surface area contributed by atoms with Crippen LogP contribution in [0.2, 0.25) is 5.02 Å². The summed E-state index contributed by atoms with van der Waals surface area (Å²) < 4.78 is 27.0. The number of carbonyl (C=O) groups excluding carboxylic acids is 1. The molecule has 1 aliphatic carbocycles. The third-order valence-electron chi connectivity index (χ3n) is 3.58. The van der Waals surface area contributed by atoms with Gasteiger partial charge in [-0.15, -0.1) is 0 Å². The zero-order chi connectivity index (χ0) is 15.6. The van der Waals surface area contributed by atoms with Crippen LogP contribution >= 0.6 is 11.6 Å². The van der Waals surface area contributed by atoms with Crippen molar-refractivity contribution in [1.29, 1.82) is 0 Å². The predicted octanol–water partition coefficient (Wildman–Crippen LogP) is 2.26. The molecule has 114 valence electrons. The highest BCUT2D eigenvalue weighted by atomic mass is 35.5. The maximum absolute atomic E-state index is 13.7. The summed E-state index contributed by atoms with van der Waals surface area (Å²) in [7, 11) is 0. The average molecular weight is 318 g/mol. The van der Waals surface area contributed by atoms with Gasteiger partial charge >= 0.3 is 0 Å². The van der Waals surface area contributed by atoms with E-state index in [9.17, 15) is 13.6 Å². The summed E-state index contributed by atoms with van der Waals surface area (Å²) >= 11 is 5.44. The monoisotopic (exact) mass is 317 g/mol. The van der Waals surface area contributed by atoms with Gasteiger partial charge in [-0.05, 0) is 25.0 Å². The summed E-state index contributed by atoms with van der Waals surface area (Å²) in [5.74, 6) is -2.84. The number of amidine groups is 1. The van der Waals surface area contributed by atoms with Crippen LogP contribution in [0, 0.1) is 17.6 Å². The molecule has 0 heterocycles. The van der Waals surface area contributed by atoms with E-state index in [4.69, 9.17) is 22.5 Å². The molecule has 0 aromatic heterocycles. The largest absolute Gasteiger partial charge is 0.409 e. The number of benzene rings is 1. The molecule has 2 unspecified atom stereocenters. The molecule has 1 aromatic rings. The Morgan fingerprint density at radius 1 is 1.38 bits per heavy atom. The van der Waals surface area contributed by atoms with Gasteiger partial charge in [0.25, 0.3) is 5.91 Å². The summed E-state index contributed by atoms with van der Waals surface area (Å²) in [6, 6.07) is 1.12. The van der Waals surface area contributed by atoms with Gasteiger partial charge in [0.1, 0.15) is 17.5 Å². The van der Waals surface area contributed by atoms with Crippen molar-refractivity contribution in [3.8, 4) is 0 Å². The standard InChI is InChI=1S/C13H14ClF2N3O2/c14-8-5-9(15)7(4-10(8)16)13(20)18-11-3-1-2-6(11)12(17)19-21/h4-6,11,21H,1-3H2,(H2,17,19)(H,18,20). The van der Waals surface area contributed by atoms with Crippen LogP contribution in [0.4, 0.5) is 8.78 Å². The molecule has 0 saturated heterocycles. The number of oxime groups is 1. The minimum Gasteiger partial charge on any atom is -0.409 e. The zero-order valence-electron chi connectivity index (χ0n) is 10.9. The highest BCUT2D eigenvalue weighted by Gasteiger charge is 2.32. The average Bonchev–Trinajstić information content (AvgIpc) is 2.90. The van der Waals surface area contributed by atoms with Crippen LogP contribution in [0.3, 0.4) is 0 Å². The van der Waals surface area contributed by atoms with Crippen LogP contribution in [0.15, 0.2) is 17.3 Å². The number of carbonyl (C=O) groups is 1. The second kappa shape index (κ2) is 6.26. The Balaban J connectivity index is 2.16. The maximum atomic E-state index is 13.7. The lowest BCUT2D eigenvalue weighted by atomic mass is 10.0. The normalized spacial score (nSPS) is 22.3. The van der Waals surface area contributed by atoms with E-state index in [0.29, 0.717) is 12.8 Å². The first-order chi connectivity index (χ1) is 9.93. The van der Waals surface area contributed by atoms with Gasteiger partial charge in [0, 0.05) is 12.0 Å². The summed E-state index contributed by atoms with van der Waals surface area (Å²) in [6.45, 7) is 0. The fourth-order valence-electron chi connectivity index (χ4n) is 2.50. The van der Waals surface area contributed by atoms with Crippen LogP contribution in [-0.4, -0.2) is 23.0 Å². The predicted molar refractivity (Wildman–Crippen MR) is 73.4 cm³/mol. The molecule has 8 heteroatoms. The van der Waals surface area contributed by atoms with Gasteiger partial charge in [-0.1, -0.05) is 23.2 Å². The molecule has 2 atom stereocenters. The van der Waals surface area contributed by atoms with Crippen LogP contribution in [0.5, 0.6) is 0 Å².